The van der Waals surface area contributed by atoms with Crippen molar-refractivity contribution in [1.82, 2.24) is 4.57 Å². The van der Waals surface area contributed by atoms with Crippen molar-refractivity contribution < 1.29 is 22.7 Å². The number of aromatic nitrogens is 1. The minimum atomic E-state index is -4.57. The Bertz CT molecular complexity index is 508. The summed E-state index contributed by atoms with van der Waals surface area (Å²) in [5.74, 6) is -0.716. The normalized spacial score (nSPS) is 13.1. The number of halogens is 3. The lowest BCUT2D eigenvalue weighted by atomic mass is 10.2. The molecule has 0 aliphatic heterocycles. The topological polar surface area (TPSA) is 48.3 Å². The molecule has 0 aliphatic carbocycles. The highest BCUT2D eigenvalue weighted by Crippen LogP contribution is 2.28. The van der Waals surface area contributed by atoms with E-state index in [1.54, 1.807) is 13.8 Å². The molecule has 1 aromatic rings. The molecule has 0 fully saturated rings. The maximum atomic E-state index is 12.6. The summed E-state index contributed by atoms with van der Waals surface area (Å²) in [6, 6.07) is 0.441. The largest absolute Gasteiger partial charge is 0.464 e. The van der Waals surface area contributed by atoms with Gasteiger partial charge in [-0.1, -0.05) is 6.92 Å². The summed E-state index contributed by atoms with van der Waals surface area (Å²) in [6.07, 6.45) is -3.75. The number of esters is 1. The van der Waals surface area contributed by atoms with Crippen LogP contribution in [0.2, 0.25) is 0 Å². The monoisotopic (exact) mass is 277 g/mol. The number of alkyl halides is 3. The van der Waals surface area contributed by atoms with Crippen molar-refractivity contribution in [3.8, 4) is 0 Å². The number of ether oxygens (including phenoxy) is 1. The zero-order chi connectivity index (χ0) is 14.6. The molecular weight excluding hydrogens is 263 g/mol. The molecule has 0 amide bonds. The van der Waals surface area contributed by atoms with Gasteiger partial charge >= 0.3 is 12.1 Å². The highest BCUT2D eigenvalue weighted by molar-refractivity contribution is 5.74. The van der Waals surface area contributed by atoms with E-state index in [1.165, 1.54) is 0 Å². The fourth-order valence-corrected chi connectivity index (χ4v) is 1.63. The van der Waals surface area contributed by atoms with Gasteiger partial charge in [0.25, 0.3) is 5.56 Å². The predicted molar refractivity (Wildman–Crippen MR) is 61.7 cm³/mol. The van der Waals surface area contributed by atoms with E-state index < -0.39 is 29.3 Å². The standard InChI is InChI=1S/C12H14F3NO3/c1-3-9(11(18)19-4-2)16-7-8(12(13,14)15)5-6-10(16)17/h5-7,9H,3-4H2,1-2H3. The van der Waals surface area contributed by atoms with E-state index in [2.05, 4.69) is 0 Å². The third-order valence-electron chi connectivity index (χ3n) is 2.55. The summed E-state index contributed by atoms with van der Waals surface area (Å²) in [4.78, 5) is 23.2. The lowest BCUT2D eigenvalue weighted by Gasteiger charge is -2.18. The summed E-state index contributed by atoms with van der Waals surface area (Å²) in [5.41, 5.74) is -1.65. The smallest absolute Gasteiger partial charge is 0.417 e. The van der Waals surface area contributed by atoms with Gasteiger partial charge in [0.2, 0.25) is 0 Å². The average molecular weight is 277 g/mol. The van der Waals surface area contributed by atoms with Gasteiger partial charge in [-0.3, -0.25) is 4.79 Å². The van der Waals surface area contributed by atoms with Crippen LogP contribution in [0.4, 0.5) is 13.2 Å². The van der Waals surface area contributed by atoms with Crippen LogP contribution in [-0.2, 0) is 15.7 Å². The second-order valence-corrected chi connectivity index (χ2v) is 3.84. The van der Waals surface area contributed by atoms with Crippen LogP contribution in [0.15, 0.2) is 23.1 Å². The van der Waals surface area contributed by atoms with E-state index >= 15 is 0 Å². The Morgan fingerprint density at radius 1 is 1.37 bits per heavy atom. The van der Waals surface area contributed by atoms with Gasteiger partial charge < -0.3 is 9.30 Å². The molecule has 4 nitrogen and oxygen atoms in total. The molecule has 19 heavy (non-hydrogen) atoms. The minimum absolute atomic E-state index is 0.100. The maximum absolute atomic E-state index is 12.6. The molecule has 0 aliphatic rings. The molecule has 0 bridgehead atoms. The number of hydrogen-bond acceptors (Lipinski definition) is 3. The summed E-state index contributed by atoms with van der Waals surface area (Å²) in [6.45, 7) is 3.27. The van der Waals surface area contributed by atoms with Crippen LogP contribution in [0.1, 0.15) is 31.9 Å². The first-order valence-corrected chi connectivity index (χ1v) is 5.77. The molecule has 1 unspecified atom stereocenters. The van der Waals surface area contributed by atoms with Crippen LogP contribution in [0, 0.1) is 0 Å². The van der Waals surface area contributed by atoms with Gasteiger partial charge in [-0.15, -0.1) is 0 Å². The average Bonchev–Trinajstić information content (AvgIpc) is 2.31. The third kappa shape index (κ3) is 3.59. The van der Waals surface area contributed by atoms with E-state index in [0.29, 0.717) is 12.3 Å². The third-order valence-corrected chi connectivity index (χ3v) is 2.55. The molecule has 1 aromatic heterocycles. The first-order valence-electron chi connectivity index (χ1n) is 5.77. The van der Waals surface area contributed by atoms with Crippen LogP contribution in [0.5, 0.6) is 0 Å². The Morgan fingerprint density at radius 3 is 2.47 bits per heavy atom. The molecule has 0 N–H and O–H groups in total. The maximum Gasteiger partial charge on any atom is 0.417 e. The van der Waals surface area contributed by atoms with Crippen molar-refractivity contribution in [3.63, 3.8) is 0 Å². The van der Waals surface area contributed by atoms with Crippen molar-refractivity contribution in [3.05, 3.63) is 34.2 Å². The Morgan fingerprint density at radius 2 is 2.00 bits per heavy atom. The van der Waals surface area contributed by atoms with E-state index in [9.17, 15) is 22.8 Å². The van der Waals surface area contributed by atoms with Gasteiger partial charge in [-0.2, -0.15) is 13.2 Å². The predicted octanol–water partition coefficient (Wildman–Crippen LogP) is 2.38. The molecule has 1 heterocycles. The van der Waals surface area contributed by atoms with E-state index in [0.717, 1.165) is 10.6 Å². The van der Waals surface area contributed by atoms with Gasteiger partial charge in [0.1, 0.15) is 6.04 Å². The van der Waals surface area contributed by atoms with Crippen molar-refractivity contribution in [2.45, 2.75) is 32.5 Å². The highest BCUT2D eigenvalue weighted by Gasteiger charge is 2.32. The Labute approximate surface area is 107 Å². The van der Waals surface area contributed by atoms with Gasteiger partial charge in [0.05, 0.1) is 12.2 Å². The van der Waals surface area contributed by atoms with Crippen molar-refractivity contribution in [1.29, 1.82) is 0 Å². The molecule has 1 rings (SSSR count). The van der Waals surface area contributed by atoms with E-state index in [4.69, 9.17) is 4.74 Å². The molecule has 1 atom stereocenters. The lowest BCUT2D eigenvalue weighted by Crippen LogP contribution is -2.31. The first kappa shape index (κ1) is 15.3. The van der Waals surface area contributed by atoms with Crippen molar-refractivity contribution in [2.24, 2.45) is 0 Å². The van der Waals surface area contributed by atoms with Crippen molar-refractivity contribution in [2.75, 3.05) is 6.61 Å². The molecule has 0 radical (unpaired) electrons. The molecule has 0 aromatic carbocycles. The SMILES string of the molecule is CCOC(=O)C(CC)n1cc(C(F)(F)F)ccc1=O. The van der Waals surface area contributed by atoms with Gasteiger partial charge in [0, 0.05) is 12.3 Å². The molecule has 0 saturated carbocycles. The quantitative estimate of drug-likeness (QED) is 0.794. The number of pyridine rings is 1. The van der Waals surface area contributed by atoms with Crippen LogP contribution in [-0.4, -0.2) is 17.1 Å². The zero-order valence-corrected chi connectivity index (χ0v) is 10.5. The molecular formula is C12H14F3NO3. The number of carbonyl (C=O) groups is 1. The number of rotatable bonds is 4. The van der Waals surface area contributed by atoms with Gasteiger partial charge in [0.15, 0.2) is 0 Å². The summed E-state index contributed by atoms with van der Waals surface area (Å²) < 4.78 is 43.3. The van der Waals surface area contributed by atoms with Crippen LogP contribution >= 0.6 is 0 Å². The molecule has 106 valence electrons. The zero-order valence-electron chi connectivity index (χ0n) is 10.5. The Balaban J connectivity index is 3.24. The number of nitrogens with zero attached hydrogens (tertiary/aromatic N) is 1. The van der Waals surface area contributed by atoms with Gasteiger partial charge in [-0.25, -0.2) is 4.79 Å². The lowest BCUT2D eigenvalue weighted by molar-refractivity contribution is -0.148. The van der Waals surface area contributed by atoms with E-state index in [1.807, 2.05) is 0 Å². The van der Waals surface area contributed by atoms with Crippen molar-refractivity contribution >= 4 is 5.97 Å². The highest BCUT2D eigenvalue weighted by atomic mass is 19.4. The summed E-state index contributed by atoms with van der Waals surface area (Å²) in [5, 5.41) is 0. The molecule has 7 heteroatoms. The second kappa shape index (κ2) is 5.90. The fraction of sp³-hybridized carbons (Fsp3) is 0.500. The molecule has 0 saturated heterocycles. The minimum Gasteiger partial charge on any atom is -0.464 e. The Kier molecular flexibility index (Phi) is 4.74. The first-order chi connectivity index (χ1) is 8.81. The number of hydrogen-bond donors (Lipinski definition) is 0. The number of carbonyl (C=O) groups excluding carboxylic acids is 1. The fourth-order valence-electron chi connectivity index (χ4n) is 1.63. The van der Waals surface area contributed by atoms with Crippen LogP contribution < -0.4 is 5.56 Å². The summed E-state index contributed by atoms with van der Waals surface area (Å²) in [7, 11) is 0. The van der Waals surface area contributed by atoms with Gasteiger partial charge in [-0.05, 0) is 19.4 Å². The van der Waals surface area contributed by atoms with Crippen LogP contribution in [0.3, 0.4) is 0 Å². The summed E-state index contributed by atoms with van der Waals surface area (Å²) >= 11 is 0. The Hall–Kier alpha value is -1.79. The second-order valence-electron chi connectivity index (χ2n) is 3.84. The van der Waals surface area contributed by atoms with Crippen LogP contribution in [0.25, 0.3) is 0 Å². The molecule has 0 spiro atoms. The van der Waals surface area contributed by atoms with E-state index in [-0.39, 0.29) is 13.0 Å².